The van der Waals surface area contributed by atoms with Crippen LogP contribution in [0, 0.1) is 0 Å². The minimum atomic E-state index is -0.0809. The first-order valence-electron chi connectivity index (χ1n) is 5.29. The smallest absolute Gasteiger partial charge is 0.189 e. The molecule has 0 saturated carbocycles. The number of nitrogens with two attached hydrogens (primary N) is 1. The highest BCUT2D eigenvalue weighted by molar-refractivity contribution is 9.10. The molecular formula is C12H17BrClN3. The highest BCUT2D eigenvalue weighted by Gasteiger charge is 2.09. The van der Waals surface area contributed by atoms with Gasteiger partial charge in [-0.1, -0.05) is 27.5 Å². The van der Waals surface area contributed by atoms with Crippen LogP contribution >= 0.6 is 27.5 Å². The summed E-state index contributed by atoms with van der Waals surface area (Å²) in [6.45, 7) is 6.61. The van der Waals surface area contributed by atoms with E-state index in [1.54, 1.807) is 0 Å². The lowest BCUT2D eigenvalue weighted by Gasteiger charge is -2.21. The van der Waals surface area contributed by atoms with E-state index in [0.29, 0.717) is 17.5 Å². The topological polar surface area (TPSA) is 50.4 Å². The van der Waals surface area contributed by atoms with E-state index < -0.39 is 0 Å². The molecule has 0 aliphatic carbocycles. The number of nitrogens with one attached hydrogen (secondary N) is 1. The van der Waals surface area contributed by atoms with E-state index in [9.17, 15) is 0 Å². The van der Waals surface area contributed by atoms with Crippen molar-refractivity contribution in [2.45, 2.75) is 32.9 Å². The fourth-order valence-corrected chi connectivity index (χ4v) is 2.23. The number of benzene rings is 1. The van der Waals surface area contributed by atoms with Crippen molar-refractivity contribution >= 4 is 33.5 Å². The molecule has 0 amide bonds. The molecule has 17 heavy (non-hydrogen) atoms. The average Bonchev–Trinajstić information content (AvgIpc) is 2.10. The maximum atomic E-state index is 5.95. The highest BCUT2D eigenvalue weighted by Crippen LogP contribution is 2.19. The molecule has 0 aliphatic rings. The van der Waals surface area contributed by atoms with E-state index in [4.69, 9.17) is 17.3 Å². The third-order valence-electron chi connectivity index (χ3n) is 1.86. The van der Waals surface area contributed by atoms with Gasteiger partial charge in [-0.3, -0.25) is 0 Å². The van der Waals surface area contributed by atoms with Crippen molar-refractivity contribution in [1.29, 1.82) is 0 Å². The number of nitrogens with zero attached hydrogens (tertiary/aromatic N) is 1. The molecule has 3 nitrogen and oxygen atoms in total. The standard InChI is InChI=1S/C12H17BrClN3/c1-12(2,3)17-11(15)16-7-8-4-9(13)6-10(14)5-8/h4-6H,7H2,1-3H3,(H3,15,16,17). The van der Waals surface area contributed by atoms with Crippen LogP contribution in [0.4, 0.5) is 0 Å². The van der Waals surface area contributed by atoms with Crippen molar-refractivity contribution in [1.82, 2.24) is 5.32 Å². The summed E-state index contributed by atoms with van der Waals surface area (Å²) in [6.07, 6.45) is 0. The molecule has 0 atom stereocenters. The predicted molar refractivity (Wildman–Crippen MR) is 77.4 cm³/mol. The van der Waals surface area contributed by atoms with Gasteiger partial charge in [0.15, 0.2) is 5.96 Å². The molecule has 0 fully saturated rings. The molecule has 1 aromatic carbocycles. The number of aliphatic imine (C=N–C) groups is 1. The lowest BCUT2D eigenvalue weighted by atomic mass is 10.1. The fourth-order valence-electron chi connectivity index (χ4n) is 1.30. The van der Waals surface area contributed by atoms with Gasteiger partial charge in [-0.25, -0.2) is 4.99 Å². The van der Waals surface area contributed by atoms with Gasteiger partial charge >= 0.3 is 0 Å². The Morgan fingerprint density at radius 1 is 1.41 bits per heavy atom. The van der Waals surface area contributed by atoms with Crippen molar-refractivity contribution in [3.05, 3.63) is 33.3 Å². The maximum Gasteiger partial charge on any atom is 0.189 e. The lowest BCUT2D eigenvalue weighted by Crippen LogP contribution is -2.44. The van der Waals surface area contributed by atoms with Gasteiger partial charge < -0.3 is 11.1 Å². The Labute approximate surface area is 116 Å². The summed E-state index contributed by atoms with van der Waals surface area (Å²) in [7, 11) is 0. The third kappa shape index (κ3) is 5.94. The predicted octanol–water partition coefficient (Wildman–Crippen LogP) is 3.31. The summed E-state index contributed by atoms with van der Waals surface area (Å²) in [4.78, 5) is 4.27. The summed E-state index contributed by atoms with van der Waals surface area (Å²) in [5.41, 5.74) is 6.71. The summed E-state index contributed by atoms with van der Waals surface area (Å²) in [6, 6.07) is 5.69. The van der Waals surface area contributed by atoms with E-state index in [1.165, 1.54) is 0 Å². The monoisotopic (exact) mass is 317 g/mol. The van der Waals surface area contributed by atoms with E-state index >= 15 is 0 Å². The van der Waals surface area contributed by atoms with Gasteiger partial charge in [-0.15, -0.1) is 0 Å². The minimum absolute atomic E-state index is 0.0809. The first kappa shape index (κ1) is 14.3. The number of halogens is 2. The van der Waals surface area contributed by atoms with Crippen molar-refractivity contribution in [3.63, 3.8) is 0 Å². The van der Waals surface area contributed by atoms with Crippen LogP contribution in [0.1, 0.15) is 26.3 Å². The number of rotatable bonds is 2. The van der Waals surface area contributed by atoms with Crippen LogP contribution < -0.4 is 11.1 Å². The van der Waals surface area contributed by atoms with E-state index in [0.717, 1.165) is 10.0 Å². The van der Waals surface area contributed by atoms with Gasteiger partial charge in [-0.05, 0) is 44.5 Å². The average molecular weight is 319 g/mol. The zero-order valence-electron chi connectivity index (χ0n) is 10.2. The van der Waals surface area contributed by atoms with Crippen molar-refractivity contribution in [2.24, 2.45) is 10.7 Å². The molecule has 0 unspecified atom stereocenters. The molecule has 0 spiro atoms. The van der Waals surface area contributed by atoms with Gasteiger partial charge in [0.25, 0.3) is 0 Å². The Kier molecular flexibility index (Phi) is 4.83. The zero-order chi connectivity index (χ0) is 13.1. The Bertz CT molecular complexity index is 404. The van der Waals surface area contributed by atoms with Crippen molar-refractivity contribution in [3.8, 4) is 0 Å². The summed E-state index contributed by atoms with van der Waals surface area (Å²) >= 11 is 9.34. The maximum absolute atomic E-state index is 5.95. The second-order valence-corrected chi connectivity index (χ2v) is 6.21. The first-order chi connectivity index (χ1) is 7.76. The van der Waals surface area contributed by atoms with Crippen molar-refractivity contribution in [2.75, 3.05) is 0 Å². The Morgan fingerprint density at radius 2 is 2.06 bits per heavy atom. The Balaban J connectivity index is 2.69. The van der Waals surface area contributed by atoms with Crippen molar-refractivity contribution < 1.29 is 0 Å². The molecule has 0 saturated heterocycles. The summed E-state index contributed by atoms with van der Waals surface area (Å²) < 4.78 is 0.942. The molecule has 0 bridgehead atoms. The molecule has 5 heteroatoms. The second-order valence-electron chi connectivity index (χ2n) is 4.85. The van der Waals surface area contributed by atoms with Gasteiger partial charge in [0.05, 0.1) is 6.54 Å². The summed E-state index contributed by atoms with van der Waals surface area (Å²) in [5, 5.41) is 3.79. The summed E-state index contributed by atoms with van der Waals surface area (Å²) in [5.74, 6) is 0.439. The van der Waals surface area contributed by atoms with Crippen LogP contribution in [-0.4, -0.2) is 11.5 Å². The quantitative estimate of drug-likeness (QED) is 0.649. The van der Waals surface area contributed by atoms with Gasteiger partial charge in [0.2, 0.25) is 0 Å². The molecule has 0 radical (unpaired) electrons. The minimum Gasteiger partial charge on any atom is -0.370 e. The van der Waals surface area contributed by atoms with Gasteiger partial charge in [0.1, 0.15) is 0 Å². The molecule has 0 heterocycles. The molecular weight excluding hydrogens is 302 g/mol. The molecule has 0 aromatic heterocycles. The van der Waals surface area contributed by atoms with Crippen LogP contribution in [0.15, 0.2) is 27.7 Å². The number of guanidine groups is 1. The van der Waals surface area contributed by atoms with E-state index in [2.05, 4.69) is 26.2 Å². The zero-order valence-corrected chi connectivity index (χ0v) is 12.6. The van der Waals surface area contributed by atoms with Gasteiger partial charge in [0, 0.05) is 15.0 Å². The normalized spacial score (nSPS) is 12.6. The lowest BCUT2D eigenvalue weighted by molar-refractivity contribution is 0.508. The first-order valence-corrected chi connectivity index (χ1v) is 6.46. The molecule has 1 aromatic rings. The van der Waals surface area contributed by atoms with Crippen LogP contribution in [0.25, 0.3) is 0 Å². The molecule has 0 aliphatic heterocycles. The molecule has 94 valence electrons. The van der Waals surface area contributed by atoms with Gasteiger partial charge in [-0.2, -0.15) is 0 Å². The van der Waals surface area contributed by atoms with E-state index in [1.807, 2.05) is 39.0 Å². The molecule has 1 rings (SSSR count). The molecule has 3 N–H and O–H groups in total. The SMILES string of the molecule is CC(C)(C)NC(N)=NCc1cc(Cl)cc(Br)c1. The largest absolute Gasteiger partial charge is 0.370 e. The van der Waals surface area contributed by atoms with Crippen LogP contribution in [0.3, 0.4) is 0 Å². The Morgan fingerprint density at radius 3 is 2.59 bits per heavy atom. The fraction of sp³-hybridized carbons (Fsp3) is 0.417. The Hall–Kier alpha value is -0.740. The van der Waals surface area contributed by atoms with Crippen LogP contribution in [-0.2, 0) is 6.54 Å². The number of hydrogen-bond acceptors (Lipinski definition) is 1. The van der Waals surface area contributed by atoms with Crippen LogP contribution in [0.2, 0.25) is 5.02 Å². The number of hydrogen-bond donors (Lipinski definition) is 2. The second kappa shape index (κ2) is 5.74. The van der Waals surface area contributed by atoms with E-state index in [-0.39, 0.29) is 5.54 Å². The highest BCUT2D eigenvalue weighted by atomic mass is 79.9. The van der Waals surface area contributed by atoms with Crippen LogP contribution in [0.5, 0.6) is 0 Å². The third-order valence-corrected chi connectivity index (χ3v) is 2.53.